The Labute approximate surface area is 91.7 Å². The van der Waals surface area contributed by atoms with Gasteiger partial charge in [-0.05, 0) is 36.5 Å². The van der Waals surface area contributed by atoms with Gasteiger partial charge in [-0.1, -0.05) is 13.8 Å². The fraction of sp³-hybridized carbons (Fsp3) is 0.538. The molecule has 0 aliphatic rings. The minimum Gasteiger partial charge on any atom is -0.300 e. The van der Waals surface area contributed by atoms with Crippen molar-refractivity contribution < 1.29 is 4.79 Å². The molecule has 0 unspecified atom stereocenters. The van der Waals surface area contributed by atoms with E-state index in [0.29, 0.717) is 18.1 Å². The number of nitrogens with zero attached hydrogens (tertiary/aromatic N) is 1. The molecule has 0 aromatic carbocycles. The lowest BCUT2D eigenvalue weighted by Crippen LogP contribution is -2.03. The fourth-order valence-electron chi connectivity index (χ4n) is 1.60. The van der Waals surface area contributed by atoms with Crippen molar-refractivity contribution in [3.63, 3.8) is 0 Å². The molecular weight excluding hydrogens is 186 g/mol. The third kappa shape index (κ3) is 5.31. The van der Waals surface area contributed by atoms with Crippen LogP contribution in [-0.2, 0) is 11.2 Å². The summed E-state index contributed by atoms with van der Waals surface area (Å²) in [4.78, 5) is 15.4. The van der Waals surface area contributed by atoms with Crippen molar-refractivity contribution in [1.82, 2.24) is 4.98 Å². The summed E-state index contributed by atoms with van der Waals surface area (Å²) in [6.45, 7) is 4.17. The summed E-state index contributed by atoms with van der Waals surface area (Å²) >= 11 is 0. The van der Waals surface area contributed by atoms with E-state index in [1.165, 1.54) is 5.56 Å². The van der Waals surface area contributed by atoms with Gasteiger partial charge in [-0.2, -0.15) is 0 Å². The van der Waals surface area contributed by atoms with Crippen molar-refractivity contribution in [2.45, 2.75) is 39.5 Å². The number of carbonyl (C=O) groups is 1. The number of rotatable bonds is 6. The van der Waals surface area contributed by atoms with Gasteiger partial charge >= 0.3 is 0 Å². The first-order valence-corrected chi connectivity index (χ1v) is 5.59. The second-order valence-corrected chi connectivity index (χ2v) is 4.35. The number of pyridine rings is 1. The number of carbonyl (C=O) groups excluding carboxylic acids is 1. The van der Waals surface area contributed by atoms with E-state index in [-0.39, 0.29) is 0 Å². The maximum Gasteiger partial charge on any atom is 0.133 e. The summed E-state index contributed by atoms with van der Waals surface area (Å²) in [5.41, 5.74) is 1.27. The third-order valence-electron chi connectivity index (χ3n) is 2.31. The van der Waals surface area contributed by atoms with E-state index in [1.807, 2.05) is 12.1 Å². The van der Waals surface area contributed by atoms with Crippen molar-refractivity contribution in [2.24, 2.45) is 5.92 Å². The minimum atomic E-state index is 0.388. The summed E-state index contributed by atoms with van der Waals surface area (Å²) in [7, 11) is 0. The topological polar surface area (TPSA) is 30.0 Å². The maximum atomic E-state index is 11.4. The second kappa shape index (κ2) is 6.33. The Morgan fingerprint density at radius 3 is 2.60 bits per heavy atom. The van der Waals surface area contributed by atoms with Crippen molar-refractivity contribution in [3.05, 3.63) is 30.1 Å². The lowest BCUT2D eigenvalue weighted by molar-refractivity contribution is -0.119. The molecule has 82 valence electrons. The maximum absolute atomic E-state index is 11.4. The highest BCUT2D eigenvalue weighted by Crippen LogP contribution is 2.08. The highest BCUT2D eigenvalue weighted by Gasteiger charge is 2.04. The molecule has 0 bridgehead atoms. The van der Waals surface area contributed by atoms with Gasteiger partial charge in [0.05, 0.1) is 0 Å². The summed E-state index contributed by atoms with van der Waals surface area (Å²) in [5, 5.41) is 0. The van der Waals surface area contributed by atoms with E-state index < -0.39 is 0 Å². The monoisotopic (exact) mass is 205 g/mol. The molecule has 0 spiro atoms. The quantitative estimate of drug-likeness (QED) is 0.714. The number of aryl methyl sites for hydroxylation is 1. The summed E-state index contributed by atoms with van der Waals surface area (Å²) < 4.78 is 0. The van der Waals surface area contributed by atoms with Gasteiger partial charge in [-0.3, -0.25) is 9.78 Å². The Morgan fingerprint density at radius 2 is 2.00 bits per heavy atom. The number of ketones is 1. The van der Waals surface area contributed by atoms with E-state index in [2.05, 4.69) is 18.8 Å². The predicted octanol–water partition coefficient (Wildman–Crippen LogP) is 3.02. The molecule has 2 nitrogen and oxygen atoms in total. The normalized spacial score (nSPS) is 10.6. The summed E-state index contributed by atoms with van der Waals surface area (Å²) in [5.74, 6) is 0.873. The molecule has 0 N–H and O–H groups in total. The van der Waals surface area contributed by atoms with Crippen LogP contribution in [-0.4, -0.2) is 10.8 Å². The van der Waals surface area contributed by atoms with Crippen LogP contribution < -0.4 is 0 Å². The SMILES string of the molecule is CC(C)CC(=O)CCCc1ccncc1. The number of aromatic nitrogens is 1. The third-order valence-corrected chi connectivity index (χ3v) is 2.31. The zero-order chi connectivity index (χ0) is 11.1. The molecule has 0 atom stereocenters. The van der Waals surface area contributed by atoms with Crippen LogP contribution in [0.5, 0.6) is 0 Å². The van der Waals surface area contributed by atoms with Gasteiger partial charge in [-0.15, -0.1) is 0 Å². The van der Waals surface area contributed by atoms with Crippen LogP contribution in [0.4, 0.5) is 0 Å². The Hall–Kier alpha value is -1.18. The largest absolute Gasteiger partial charge is 0.300 e. The Bertz CT molecular complexity index is 293. The van der Waals surface area contributed by atoms with Gasteiger partial charge in [0.2, 0.25) is 0 Å². The van der Waals surface area contributed by atoms with Crippen LogP contribution in [0.1, 0.15) is 38.7 Å². The molecule has 0 aliphatic heterocycles. The average Bonchev–Trinajstić information content (AvgIpc) is 2.18. The molecule has 1 aromatic heterocycles. The van der Waals surface area contributed by atoms with Crippen LogP contribution in [0.3, 0.4) is 0 Å². The van der Waals surface area contributed by atoms with Crippen molar-refractivity contribution >= 4 is 5.78 Å². The summed E-state index contributed by atoms with van der Waals surface area (Å²) in [6, 6.07) is 4.01. The van der Waals surface area contributed by atoms with E-state index in [0.717, 1.165) is 19.3 Å². The molecule has 0 radical (unpaired) electrons. The predicted molar refractivity (Wildman–Crippen MR) is 61.6 cm³/mol. The van der Waals surface area contributed by atoms with Crippen LogP contribution >= 0.6 is 0 Å². The van der Waals surface area contributed by atoms with Gasteiger partial charge < -0.3 is 0 Å². The molecule has 0 saturated heterocycles. The molecule has 1 rings (SSSR count). The van der Waals surface area contributed by atoms with Crippen LogP contribution in [0.25, 0.3) is 0 Å². The van der Waals surface area contributed by atoms with Gasteiger partial charge in [-0.25, -0.2) is 0 Å². The van der Waals surface area contributed by atoms with Crippen molar-refractivity contribution in [2.75, 3.05) is 0 Å². The molecule has 2 heteroatoms. The molecule has 0 amide bonds. The van der Waals surface area contributed by atoms with Gasteiger partial charge in [0.1, 0.15) is 5.78 Å². The van der Waals surface area contributed by atoms with Crippen molar-refractivity contribution in [1.29, 1.82) is 0 Å². The van der Waals surface area contributed by atoms with E-state index in [1.54, 1.807) is 12.4 Å². The molecule has 1 heterocycles. The molecule has 1 aromatic rings. The molecule has 15 heavy (non-hydrogen) atoms. The summed E-state index contributed by atoms with van der Waals surface area (Å²) in [6.07, 6.45) is 6.95. The van der Waals surface area contributed by atoms with Gasteiger partial charge in [0, 0.05) is 25.2 Å². The Balaban J connectivity index is 2.19. The average molecular weight is 205 g/mol. The van der Waals surface area contributed by atoms with Crippen LogP contribution in [0.15, 0.2) is 24.5 Å². The molecular formula is C13H19NO. The smallest absolute Gasteiger partial charge is 0.133 e. The highest BCUT2D eigenvalue weighted by atomic mass is 16.1. The minimum absolute atomic E-state index is 0.388. The second-order valence-electron chi connectivity index (χ2n) is 4.35. The van der Waals surface area contributed by atoms with E-state index in [9.17, 15) is 4.79 Å². The molecule has 0 aliphatic carbocycles. The number of Topliss-reactive ketones (excluding diaryl/α,β-unsaturated/α-hetero) is 1. The Morgan fingerprint density at radius 1 is 1.33 bits per heavy atom. The highest BCUT2D eigenvalue weighted by molar-refractivity contribution is 5.78. The van der Waals surface area contributed by atoms with Gasteiger partial charge in [0.15, 0.2) is 0 Å². The van der Waals surface area contributed by atoms with E-state index in [4.69, 9.17) is 0 Å². The zero-order valence-corrected chi connectivity index (χ0v) is 9.57. The fourth-order valence-corrected chi connectivity index (χ4v) is 1.60. The molecule has 0 fully saturated rings. The first kappa shape index (κ1) is 11.9. The van der Waals surface area contributed by atoms with Crippen molar-refractivity contribution in [3.8, 4) is 0 Å². The standard InChI is InChI=1S/C13H19NO/c1-11(2)10-13(15)5-3-4-12-6-8-14-9-7-12/h6-9,11H,3-5,10H2,1-2H3. The van der Waals surface area contributed by atoms with Crippen LogP contribution in [0.2, 0.25) is 0 Å². The lowest BCUT2D eigenvalue weighted by atomic mass is 10.0. The Kier molecular flexibility index (Phi) is 5.02. The first-order chi connectivity index (χ1) is 7.18. The van der Waals surface area contributed by atoms with Gasteiger partial charge in [0.25, 0.3) is 0 Å². The first-order valence-electron chi connectivity index (χ1n) is 5.59. The number of hydrogen-bond acceptors (Lipinski definition) is 2. The van der Waals surface area contributed by atoms with Crippen LogP contribution in [0, 0.1) is 5.92 Å². The zero-order valence-electron chi connectivity index (χ0n) is 9.57. The molecule has 0 saturated carbocycles. The van der Waals surface area contributed by atoms with E-state index >= 15 is 0 Å². The number of hydrogen-bond donors (Lipinski definition) is 0. The lowest BCUT2D eigenvalue weighted by Gasteiger charge is -2.03.